The molecule has 0 bridgehead atoms. The molecule has 4 nitrogen and oxygen atoms in total. The molecule has 0 radical (unpaired) electrons. The Morgan fingerprint density at radius 3 is 2.85 bits per heavy atom. The highest BCUT2D eigenvalue weighted by Gasteiger charge is 2.06. The zero-order chi connectivity index (χ0) is 15.0. The quantitative estimate of drug-likeness (QED) is 0.713. The number of carbonyl (C=O) groups is 1. The molecule has 1 rings (SSSR count). The van der Waals surface area contributed by atoms with Gasteiger partial charge in [-0.3, -0.25) is 4.79 Å². The zero-order valence-corrected chi connectivity index (χ0v) is 13.7. The number of hydrogen-bond acceptors (Lipinski definition) is 3. The molecular formula is C15H23BrN2O2. The maximum Gasteiger partial charge on any atom is 0.219 e. The molecule has 0 aliphatic heterocycles. The maximum absolute atomic E-state index is 11.1. The van der Waals surface area contributed by atoms with Crippen molar-refractivity contribution < 1.29 is 9.53 Å². The summed E-state index contributed by atoms with van der Waals surface area (Å²) in [6, 6.07) is 6.22. The van der Waals surface area contributed by atoms with Crippen LogP contribution >= 0.6 is 15.9 Å². The summed E-state index contributed by atoms with van der Waals surface area (Å²) in [5.41, 5.74) is 7.15. The molecule has 0 heterocycles. The van der Waals surface area contributed by atoms with Gasteiger partial charge in [-0.05, 0) is 52.9 Å². The highest BCUT2D eigenvalue weighted by molar-refractivity contribution is 9.10. The lowest BCUT2D eigenvalue weighted by Crippen LogP contribution is -2.21. The molecule has 1 atom stereocenters. The number of halogens is 1. The van der Waals surface area contributed by atoms with Crippen molar-refractivity contribution in [3.05, 3.63) is 28.2 Å². The van der Waals surface area contributed by atoms with E-state index in [9.17, 15) is 4.79 Å². The molecule has 0 aromatic heterocycles. The standard InChI is InChI=1S/C15H23BrN2O2/c1-3-12(17)9-11-6-7-14(13(16)10-11)20-8-4-5-15(19)18-2/h6-7,10,12H,3-5,8-9,17H2,1-2H3,(H,18,19). The molecule has 20 heavy (non-hydrogen) atoms. The van der Waals surface area contributed by atoms with Crippen molar-refractivity contribution in [2.24, 2.45) is 5.73 Å². The van der Waals surface area contributed by atoms with Gasteiger partial charge in [0.1, 0.15) is 5.75 Å². The Labute approximate surface area is 129 Å². The van der Waals surface area contributed by atoms with Crippen LogP contribution in [0.25, 0.3) is 0 Å². The fourth-order valence-electron chi connectivity index (χ4n) is 1.78. The van der Waals surface area contributed by atoms with E-state index in [0.29, 0.717) is 19.4 Å². The molecule has 0 spiro atoms. The fourth-order valence-corrected chi connectivity index (χ4v) is 2.32. The second-order valence-electron chi connectivity index (χ2n) is 4.76. The highest BCUT2D eigenvalue weighted by atomic mass is 79.9. The molecule has 0 saturated heterocycles. The van der Waals surface area contributed by atoms with Crippen LogP contribution in [0.2, 0.25) is 0 Å². The summed E-state index contributed by atoms with van der Waals surface area (Å²) in [6.07, 6.45) is 3.02. The smallest absolute Gasteiger partial charge is 0.219 e. The van der Waals surface area contributed by atoms with E-state index in [1.165, 1.54) is 5.56 Å². The van der Waals surface area contributed by atoms with Gasteiger partial charge in [-0.2, -0.15) is 0 Å². The first-order chi connectivity index (χ1) is 9.56. The molecular weight excluding hydrogens is 320 g/mol. The summed E-state index contributed by atoms with van der Waals surface area (Å²) in [5, 5.41) is 2.59. The van der Waals surface area contributed by atoms with E-state index in [2.05, 4.69) is 28.2 Å². The summed E-state index contributed by atoms with van der Waals surface area (Å²) < 4.78 is 6.59. The zero-order valence-electron chi connectivity index (χ0n) is 12.1. The van der Waals surface area contributed by atoms with E-state index >= 15 is 0 Å². The molecule has 112 valence electrons. The number of nitrogens with two attached hydrogens (primary N) is 1. The third-order valence-electron chi connectivity index (χ3n) is 3.10. The fraction of sp³-hybridized carbons (Fsp3) is 0.533. The third kappa shape index (κ3) is 5.92. The van der Waals surface area contributed by atoms with Gasteiger partial charge in [0, 0.05) is 19.5 Å². The predicted octanol–water partition coefficient (Wildman–Crippen LogP) is 2.63. The lowest BCUT2D eigenvalue weighted by Gasteiger charge is -2.12. The van der Waals surface area contributed by atoms with Crippen LogP contribution in [0.15, 0.2) is 22.7 Å². The molecule has 1 amide bonds. The molecule has 5 heteroatoms. The Morgan fingerprint density at radius 2 is 2.25 bits per heavy atom. The number of hydrogen-bond donors (Lipinski definition) is 2. The van der Waals surface area contributed by atoms with Gasteiger partial charge >= 0.3 is 0 Å². The first-order valence-electron chi connectivity index (χ1n) is 6.94. The van der Waals surface area contributed by atoms with Crippen LogP contribution in [-0.2, 0) is 11.2 Å². The summed E-state index contributed by atoms with van der Waals surface area (Å²) in [5.74, 6) is 0.840. The molecule has 0 fully saturated rings. The van der Waals surface area contributed by atoms with Gasteiger partial charge in [-0.1, -0.05) is 13.0 Å². The second-order valence-corrected chi connectivity index (χ2v) is 5.62. The number of ether oxygens (including phenoxy) is 1. The van der Waals surface area contributed by atoms with E-state index < -0.39 is 0 Å². The lowest BCUT2D eigenvalue weighted by atomic mass is 10.0. The number of benzene rings is 1. The van der Waals surface area contributed by atoms with Crippen LogP contribution in [0.1, 0.15) is 31.7 Å². The van der Waals surface area contributed by atoms with Gasteiger partial charge in [0.25, 0.3) is 0 Å². The van der Waals surface area contributed by atoms with Crippen molar-refractivity contribution >= 4 is 21.8 Å². The van der Waals surface area contributed by atoms with Crippen LogP contribution in [0, 0.1) is 0 Å². The van der Waals surface area contributed by atoms with Crippen LogP contribution in [-0.4, -0.2) is 25.6 Å². The van der Waals surface area contributed by atoms with Gasteiger partial charge in [-0.25, -0.2) is 0 Å². The summed E-state index contributed by atoms with van der Waals surface area (Å²) in [7, 11) is 1.64. The first-order valence-corrected chi connectivity index (χ1v) is 7.73. The Kier molecular flexibility index (Phi) is 7.62. The predicted molar refractivity (Wildman–Crippen MR) is 84.9 cm³/mol. The minimum absolute atomic E-state index is 0.0385. The first kappa shape index (κ1) is 17.0. The van der Waals surface area contributed by atoms with Gasteiger partial charge in [-0.15, -0.1) is 0 Å². The Hall–Kier alpha value is -1.07. The topological polar surface area (TPSA) is 64.3 Å². The second kappa shape index (κ2) is 8.97. The molecule has 0 aliphatic rings. The van der Waals surface area contributed by atoms with Crippen LogP contribution in [0.5, 0.6) is 5.75 Å². The number of carbonyl (C=O) groups excluding carboxylic acids is 1. The van der Waals surface area contributed by atoms with Crippen LogP contribution in [0.3, 0.4) is 0 Å². The van der Waals surface area contributed by atoms with E-state index in [1.807, 2.05) is 18.2 Å². The molecule has 1 unspecified atom stereocenters. The van der Waals surface area contributed by atoms with Crippen molar-refractivity contribution in [1.29, 1.82) is 0 Å². The van der Waals surface area contributed by atoms with Crippen molar-refractivity contribution in [1.82, 2.24) is 5.32 Å². The minimum atomic E-state index is 0.0385. The number of rotatable bonds is 8. The van der Waals surface area contributed by atoms with Crippen LogP contribution in [0.4, 0.5) is 0 Å². The van der Waals surface area contributed by atoms with Crippen molar-refractivity contribution in [3.63, 3.8) is 0 Å². The Morgan fingerprint density at radius 1 is 1.50 bits per heavy atom. The largest absolute Gasteiger partial charge is 0.492 e. The van der Waals surface area contributed by atoms with Gasteiger partial charge in [0.15, 0.2) is 0 Å². The monoisotopic (exact) mass is 342 g/mol. The highest BCUT2D eigenvalue weighted by Crippen LogP contribution is 2.26. The molecule has 0 saturated carbocycles. The Bertz CT molecular complexity index is 438. The van der Waals surface area contributed by atoms with Crippen molar-refractivity contribution in [3.8, 4) is 5.75 Å². The van der Waals surface area contributed by atoms with Crippen LogP contribution < -0.4 is 15.8 Å². The van der Waals surface area contributed by atoms with E-state index in [0.717, 1.165) is 23.1 Å². The maximum atomic E-state index is 11.1. The van der Waals surface area contributed by atoms with Gasteiger partial charge in [0.2, 0.25) is 5.91 Å². The normalized spacial score (nSPS) is 12.0. The third-order valence-corrected chi connectivity index (χ3v) is 3.72. The Balaban J connectivity index is 2.45. The van der Waals surface area contributed by atoms with Gasteiger partial charge in [0.05, 0.1) is 11.1 Å². The average molecular weight is 343 g/mol. The minimum Gasteiger partial charge on any atom is -0.492 e. The molecule has 3 N–H and O–H groups in total. The molecule has 0 aliphatic carbocycles. The van der Waals surface area contributed by atoms with E-state index in [1.54, 1.807) is 7.05 Å². The number of amides is 1. The summed E-state index contributed by atoms with van der Waals surface area (Å²) in [6.45, 7) is 2.61. The summed E-state index contributed by atoms with van der Waals surface area (Å²) >= 11 is 3.51. The molecule has 1 aromatic rings. The van der Waals surface area contributed by atoms with Gasteiger partial charge < -0.3 is 15.8 Å². The van der Waals surface area contributed by atoms with Crippen molar-refractivity contribution in [2.75, 3.05) is 13.7 Å². The SMILES string of the molecule is CCC(N)Cc1ccc(OCCCC(=O)NC)c(Br)c1. The van der Waals surface area contributed by atoms with E-state index in [4.69, 9.17) is 10.5 Å². The average Bonchev–Trinajstić information content (AvgIpc) is 2.44. The lowest BCUT2D eigenvalue weighted by molar-refractivity contribution is -0.120. The van der Waals surface area contributed by atoms with Crippen molar-refractivity contribution in [2.45, 2.75) is 38.6 Å². The van der Waals surface area contributed by atoms with E-state index in [-0.39, 0.29) is 11.9 Å². The summed E-state index contributed by atoms with van der Waals surface area (Å²) in [4.78, 5) is 11.1. The molecule has 1 aromatic carbocycles. The number of nitrogens with one attached hydrogen (secondary N) is 1.